The quantitative estimate of drug-likeness (QED) is 0.533. The van der Waals surface area contributed by atoms with Crippen molar-refractivity contribution in [3.63, 3.8) is 0 Å². The van der Waals surface area contributed by atoms with Gasteiger partial charge in [-0.25, -0.2) is 8.78 Å². The van der Waals surface area contributed by atoms with Crippen LogP contribution in [0.3, 0.4) is 0 Å². The maximum absolute atomic E-state index is 11.8. The number of thiocarbonyl (C=S) groups is 1. The van der Waals surface area contributed by atoms with Crippen LogP contribution in [0.25, 0.3) is 0 Å². The molecule has 0 saturated carbocycles. The zero-order chi connectivity index (χ0) is 14.3. The highest BCUT2D eigenvalue weighted by atomic mass is 32.1. The van der Waals surface area contributed by atoms with Gasteiger partial charge < -0.3 is 15.4 Å². The Labute approximate surface area is 116 Å². The maximum atomic E-state index is 11.8. The SMILES string of the molecule is NC(=S)CN1CCN(C(=O)CCOCC(F)F)CC1. The van der Waals surface area contributed by atoms with Crippen LogP contribution in [0.5, 0.6) is 0 Å². The summed E-state index contributed by atoms with van der Waals surface area (Å²) in [4.78, 5) is 16.0. The van der Waals surface area contributed by atoms with Crippen molar-refractivity contribution >= 4 is 23.1 Å². The molecular formula is C11H19F2N3O2S. The smallest absolute Gasteiger partial charge is 0.261 e. The molecule has 8 heteroatoms. The molecule has 19 heavy (non-hydrogen) atoms. The summed E-state index contributed by atoms with van der Waals surface area (Å²) in [6.45, 7) is 2.65. The van der Waals surface area contributed by atoms with E-state index in [9.17, 15) is 13.6 Å². The van der Waals surface area contributed by atoms with E-state index in [0.717, 1.165) is 13.1 Å². The van der Waals surface area contributed by atoms with Gasteiger partial charge in [0.2, 0.25) is 5.91 Å². The van der Waals surface area contributed by atoms with Crippen LogP contribution in [-0.4, -0.2) is 73.1 Å². The third kappa shape index (κ3) is 6.74. The second-order valence-electron chi connectivity index (χ2n) is 4.34. The third-order valence-corrected chi connectivity index (χ3v) is 2.94. The van der Waals surface area contributed by atoms with Crippen LogP contribution in [-0.2, 0) is 9.53 Å². The monoisotopic (exact) mass is 295 g/mol. The summed E-state index contributed by atoms with van der Waals surface area (Å²) in [7, 11) is 0. The van der Waals surface area contributed by atoms with Crippen molar-refractivity contribution in [2.75, 3.05) is 45.9 Å². The molecule has 0 aromatic heterocycles. The van der Waals surface area contributed by atoms with E-state index in [1.807, 2.05) is 0 Å². The summed E-state index contributed by atoms with van der Waals surface area (Å²) in [5, 5.41) is 0. The van der Waals surface area contributed by atoms with Crippen LogP contribution >= 0.6 is 12.2 Å². The molecule has 0 aliphatic carbocycles. The fourth-order valence-electron chi connectivity index (χ4n) is 1.87. The van der Waals surface area contributed by atoms with Gasteiger partial charge in [0.25, 0.3) is 6.43 Å². The highest BCUT2D eigenvalue weighted by Gasteiger charge is 2.20. The predicted molar refractivity (Wildman–Crippen MR) is 71.2 cm³/mol. The van der Waals surface area contributed by atoms with Gasteiger partial charge in [-0.2, -0.15) is 0 Å². The Kier molecular flexibility index (Phi) is 7.11. The van der Waals surface area contributed by atoms with Crippen molar-refractivity contribution in [2.24, 2.45) is 5.73 Å². The van der Waals surface area contributed by atoms with E-state index in [4.69, 9.17) is 18.0 Å². The minimum atomic E-state index is -2.49. The molecule has 5 nitrogen and oxygen atoms in total. The molecule has 1 aliphatic heterocycles. The number of alkyl halides is 2. The summed E-state index contributed by atoms with van der Waals surface area (Å²) >= 11 is 4.83. The van der Waals surface area contributed by atoms with E-state index < -0.39 is 13.0 Å². The summed E-state index contributed by atoms with van der Waals surface area (Å²) in [5.41, 5.74) is 5.45. The predicted octanol–water partition coefficient (Wildman–Crippen LogP) is 0.0885. The van der Waals surface area contributed by atoms with Crippen molar-refractivity contribution in [1.82, 2.24) is 9.80 Å². The number of amides is 1. The molecular weight excluding hydrogens is 276 g/mol. The maximum Gasteiger partial charge on any atom is 0.261 e. The molecule has 0 spiro atoms. The number of ether oxygens (including phenoxy) is 1. The number of rotatable bonds is 7. The number of nitrogens with zero attached hydrogens (tertiary/aromatic N) is 2. The van der Waals surface area contributed by atoms with Crippen LogP contribution in [0.15, 0.2) is 0 Å². The van der Waals surface area contributed by atoms with Gasteiger partial charge in [-0.1, -0.05) is 12.2 Å². The molecule has 2 N–H and O–H groups in total. The fourth-order valence-corrected chi connectivity index (χ4v) is 2.05. The Hall–Kier alpha value is -0.860. The van der Waals surface area contributed by atoms with E-state index >= 15 is 0 Å². The van der Waals surface area contributed by atoms with Crippen LogP contribution in [0, 0.1) is 0 Å². The fraction of sp³-hybridized carbons (Fsp3) is 0.818. The van der Waals surface area contributed by atoms with Gasteiger partial charge in [0.15, 0.2) is 0 Å². The van der Waals surface area contributed by atoms with Gasteiger partial charge in [-0.15, -0.1) is 0 Å². The Bertz CT molecular complexity index is 310. The number of halogens is 2. The molecule has 1 fully saturated rings. The second kappa shape index (κ2) is 8.34. The van der Waals surface area contributed by atoms with Crippen molar-refractivity contribution in [2.45, 2.75) is 12.8 Å². The second-order valence-corrected chi connectivity index (χ2v) is 4.86. The molecule has 1 saturated heterocycles. The molecule has 110 valence electrons. The molecule has 0 unspecified atom stereocenters. The highest BCUT2D eigenvalue weighted by molar-refractivity contribution is 7.80. The largest absolute Gasteiger partial charge is 0.392 e. The molecule has 1 aliphatic rings. The number of piperazine rings is 1. The first-order chi connectivity index (χ1) is 8.99. The minimum absolute atomic E-state index is 0.0380. The zero-order valence-corrected chi connectivity index (χ0v) is 11.5. The van der Waals surface area contributed by atoms with Crippen LogP contribution in [0.2, 0.25) is 0 Å². The topological polar surface area (TPSA) is 58.8 Å². The van der Waals surface area contributed by atoms with Crippen LogP contribution < -0.4 is 5.73 Å². The van der Waals surface area contributed by atoms with Crippen molar-refractivity contribution in [3.05, 3.63) is 0 Å². The number of hydrogen-bond acceptors (Lipinski definition) is 4. The molecule has 0 aromatic carbocycles. The van der Waals surface area contributed by atoms with E-state index in [0.29, 0.717) is 24.6 Å². The lowest BCUT2D eigenvalue weighted by Gasteiger charge is -2.34. The van der Waals surface area contributed by atoms with Gasteiger partial charge in [0.05, 0.1) is 18.0 Å². The molecule has 0 aromatic rings. The summed E-state index contributed by atoms with van der Waals surface area (Å²) in [6.07, 6.45) is -2.35. The first-order valence-electron chi connectivity index (χ1n) is 6.13. The zero-order valence-electron chi connectivity index (χ0n) is 10.7. The Morgan fingerprint density at radius 3 is 2.47 bits per heavy atom. The van der Waals surface area contributed by atoms with Gasteiger partial charge in [-0.3, -0.25) is 9.69 Å². The summed E-state index contributed by atoms with van der Waals surface area (Å²) in [6, 6.07) is 0. The van der Waals surface area contributed by atoms with E-state index in [-0.39, 0.29) is 18.9 Å². The molecule has 0 radical (unpaired) electrons. The number of nitrogens with two attached hydrogens (primary N) is 1. The lowest BCUT2D eigenvalue weighted by molar-refractivity contribution is -0.134. The van der Waals surface area contributed by atoms with Crippen molar-refractivity contribution in [3.8, 4) is 0 Å². The van der Waals surface area contributed by atoms with Crippen LogP contribution in [0.4, 0.5) is 8.78 Å². The van der Waals surface area contributed by atoms with E-state index in [1.165, 1.54) is 0 Å². The van der Waals surface area contributed by atoms with Gasteiger partial charge in [0.1, 0.15) is 6.61 Å². The van der Waals surface area contributed by atoms with E-state index in [1.54, 1.807) is 4.90 Å². The molecule has 0 atom stereocenters. The number of hydrogen-bond donors (Lipinski definition) is 1. The average molecular weight is 295 g/mol. The lowest BCUT2D eigenvalue weighted by Crippen LogP contribution is -2.50. The highest BCUT2D eigenvalue weighted by Crippen LogP contribution is 2.04. The Morgan fingerprint density at radius 2 is 1.95 bits per heavy atom. The first kappa shape index (κ1) is 16.2. The lowest BCUT2D eigenvalue weighted by atomic mass is 10.3. The van der Waals surface area contributed by atoms with Gasteiger partial charge in [0, 0.05) is 32.7 Å². The van der Waals surface area contributed by atoms with E-state index in [2.05, 4.69) is 9.64 Å². The molecule has 0 bridgehead atoms. The third-order valence-electron chi connectivity index (χ3n) is 2.81. The molecule has 1 amide bonds. The molecule has 1 rings (SSSR count). The van der Waals surface area contributed by atoms with Gasteiger partial charge in [-0.05, 0) is 0 Å². The summed E-state index contributed by atoms with van der Waals surface area (Å²) < 4.78 is 28.3. The first-order valence-corrected chi connectivity index (χ1v) is 6.54. The summed E-state index contributed by atoms with van der Waals surface area (Å²) in [5.74, 6) is -0.0655. The Morgan fingerprint density at radius 1 is 1.32 bits per heavy atom. The Balaban J connectivity index is 2.16. The number of carbonyl (C=O) groups is 1. The standard InChI is InChI=1S/C11H19F2N3O2S/c12-9(13)8-18-6-1-11(17)16-4-2-15(3-5-16)7-10(14)19/h9H,1-8H2,(H2,14,19). The minimum Gasteiger partial charge on any atom is -0.392 e. The van der Waals surface area contributed by atoms with Crippen molar-refractivity contribution < 1.29 is 18.3 Å². The average Bonchev–Trinajstić information content (AvgIpc) is 2.34. The van der Waals surface area contributed by atoms with Gasteiger partial charge >= 0.3 is 0 Å². The number of carbonyl (C=O) groups excluding carboxylic acids is 1. The van der Waals surface area contributed by atoms with Crippen molar-refractivity contribution in [1.29, 1.82) is 0 Å². The molecule has 1 heterocycles. The van der Waals surface area contributed by atoms with Crippen LogP contribution in [0.1, 0.15) is 6.42 Å². The normalized spacial score (nSPS) is 16.9.